The second-order valence-electron chi connectivity index (χ2n) is 9.81. The quantitative estimate of drug-likeness (QED) is 0.226. The van der Waals surface area contributed by atoms with Gasteiger partial charge in [0.2, 0.25) is 0 Å². The maximum Gasteiger partial charge on any atom is 0.414 e. The number of aromatic nitrogens is 1. The Hall–Kier alpha value is -4.39. The van der Waals surface area contributed by atoms with Crippen molar-refractivity contribution in [1.82, 2.24) is 5.16 Å². The largest absolute Gasteiger partial charge is 0.465 e. The number of amides is 1. The number of hydrogen-bond donors (Lipinski definition) is 0. The third-order valence-corrected chi connectivity index (χ3v) is 7.23. The monoisotopic (exact) mass is 524 g/mol. The topological polar surface area (TPSA) is 81.9 Å². The molecular weight excluding hydrogens is 492 g/mol. The standard InChI is InChI=1S/C32H32N2O5/c1-4-37-30(35)32(19-20-32)27-16-14-25(15-17-27)24-10-12-26(13-11-24)29-28(22(2)33-39-29)34(3)31(36)38-21-18-23-8-6-5-7-9-23/h5-17H,4,18-21H2,1-3H3. The second-order valence-corrected chi connectivity index (χ2v) is 9.81. The number of anilines is 1. The Morgan fingerprint density at radius 1 is 0.897 bits per heavy atom. The maximum absolute atomic E-state index is 12.8. The molecular formula is C32H32N2O5. The van der Waals surface area contributed by atoms with E-state index in [0.29, 0.717) is 30.2 Å². The van der Waals surface area contributed by atoms with Crippen molar-refractivity contribution in [3.63, 3.8) is 0 Å². The van der Waals surface area contributed by atoms with Crippen LogP contribution in [0.3, 0.4) is 0 Å². The van der Waals surface area contributed by atoms with E-state index in [2.05, 4.69) is 5.16 Å². The van der Waals surface area contributed by atoms with Gasteiger partial charge in [-0.3, -0.25) is 9.69 Å². The summed E-state index contributed by atoms with van der Waals surface area (Å²) in [7, 11) is 1.66. The Kier molecular flexibility index (Phi) is 7.50. The van der Waals surface area contributed by atoms with Gasteiger partial charge in [0.05, 0.1) is 18.6 Å². The number of aryl methyl sites for hydroxylation is 1. The molecule has 1 saturated carbocycles. The molecule has 0 bridgehead atoms. The smallest absolute Gasteiger partial charge is 0.414 e. The number of rotatable bonds is 9. The summed E-state index contributed by atoms with van der Waals surface area (Å²) in [4.78, 5) is 26.6. The summed E-state index contributed by atoms with van der Waals surface area (Å²) in [5, 5.41) is 4.11. The molecule has 1 aliphatic carbocycles. The molecule has 0 radical (unpaired) electrons. The minimum atomic E-state index is -0.479. The Labute approximate surface area is 228 Å². The SMILES string of the molecule is CCOC(=O)C1(c2ccc(-c3ccc(-c4onc(C)c4N(C)C(=O)OCCc4ccccc4)cc3)cc2)CC1. The molecule has 1 aliphatic rings. The first-order valence-electron chi connectivity index (χ1n) is 13.2. The van der Waals surface area contributed by atoms with Crippen molar-refractivity contribution in [3.8, 4) is 22.5 Å². The number of carbonyl (C=O) groups is 2. The Morgan fingerprint density at radius 2 is 1.51 bits per heavy atom. The van der Waals surface area contributed by atoms with E-state index < -0.39 is 11.5 Å². The molecule has 0 aliphatic heterocycles. The van der Waals surface area contributed by atoms with E-state index in [0.717, 1.165) is 40.7 Å². The van der Waals surface area contributed by atoms with Gasteiger partial charge in [-0.05, 0) is 48.9 Å². The fraction of sp³-hybridized carbons (Fsp3) is 0.281. The third-order valence-electron chi connectivity index (χ3n) is 7.23. The summed E-state index contributed by atoms with van der Waals surface area (Å²) >= 11 is 0. The van der Waals surface area contributed by atoms with Crippen molar-refractivity contribution in [2.75, 3.05) is 25.2 Å². The zero-order valence-electron chi connectivity index (χ0n) is 22.5. The minimum absolute atomic E-state index is 0.134. The molecule has 1 amide bonds. The molecule has 0 saturated heterocycles. The maximum atomic E-state index is 12.8. The Bertz CT molecular complexity index is 1440. The molecule has 7 heteroatoms. The van der Waals surface area contributed by atoms with Crippen LogP contribution in [0.5, 0.6) is 0 Å². The van der Waals surface area contributed by atoms with Crippen molar-refractivity contribution in [2.45, 2.75) is 38.5 Å². The van der Waals surface area contributed by atoms with Gasteiger partial charge < -0.3 is 14.0 Å². The molecule has 0 spiro atoms. The Morgan fingerprint density at radius 3 is 2.13 bits per heavy atom. The highest BCUT2D eigenvalue weighted by Crippen LogP contribution is 2.49. The molecule has 39 heavy (non-hydrogen) atoms. The fourth-order valence-electron chi connectivity index (χ4n) is 4.84. The molecule has 200 valence electrons. The molecule has 5 rings (SSSR count). The average molecular weight is 525 g/mol. The van der Waals surface area contributed by atoms with E-state index in [1.165, 1.54) is 4.90 Å². The predicted molar refractivity (Wildman–Crippen MR) is 150 cm³/mol. The summed E-state index contributed by atoms with van der Waals surface area (Å²) in [6, 6.07) is 25.9. The zero-order valence-corrected chi connectivity index (χ0v) is 22.5. The molecule has 7 nitrogen and oxygen atoms in total. The highest BCUT2D eigenvalue weighted by molar-refractivity contribution is 5.93. The molecule has 3 aromatic carbocycles. The van der Waals surface area contributed by atoms with Gasteiger partial charge in [-0.2, -0.15) is 0 Å². The van der Waals surface area contributed by atoms with Gasteiger partial charge in [-0.1, -0.05) is 84.0 Å². The van der Waals surface area contributed by atoms with Crippen LogP contribution in [0.1, 0.15) is 36.6 Å². The van der Waals surface area contributed by atoms with Gasteiger partial charge in [0.25, 0.3) is 0 Å². The highest BCUT2D eigenvalue weighted by atomic mass is 16.6. The first-order valence-corrected chi connectivity index (χ1v) is 13.2. The van der Waals surface area contributed by atoms with E-state index in [1.54, 1.807) is 14.0 Å². The number of hydrogen-bond acceptors (Lipinski definition) is 6. The Balaban J connectivity index is 1.27. The summed E-state index contributed by atoms with van der Waals surface area (Å²) < 4.78 is 16.4. The minimum Gasteiger partial charge on any atom is -0.465 e. The molecule has 1 fully saturated rings. The van der Waals surface area contributed by atoms with Crippen LogP contribution in [0, 0.1) is 6.92 Å². The van der Waals surface area contributed by atoms with Crippen LogP contribution in [-0.2, 0) is 26.1 Å². The van der Waals surface area contributed by atoms with E-state index in [4.69, 9.17) is 14.0 Å². The molecule has 1 aromatic heterocycles. The van der Waals surface area contributed by atoms with Crippen LogP contribution in [0.4, 0.5) is 10.5 Å². The number of benzene rings is 3. The molecule has 0 N–H and O–H groups in total. The van der Waals surface area contributed by atoms with E-state index in [-0.39, 0.29) is 12.6 Å². The van der Waals surface area contributed by atoms with Crippen LogP contribution in [-0.4, -0.2) is 37.5 Å². The first kappa shape index (κ1) is 26.2. The lowest BCUT2D eigenvalue weighted by Gasteiger charge is -2.17. The van der Waals surface area contributed by atoms with Crippen LogP contribution in [0.25, 0.3) is 22.5 Å². The normalized spacial score (nSPS) is 13.5. The van der Waals surface area contributed by atoms with Gasteiger partial charge >= 0.3 is 12.1 Å². The zero-order chi connectivity index (χ0) is 27.4. The number of nitrogens with zero attached hydrogens (tertiary/aromatic N) is 2. The van der Waals surface area contributed by atoms with Crippen molar-refractivity contribution in [2.24, 2.45) is 0 Å². The van der Waals surface area contributed by atoms with Crippen LogP contribution in [0.15, 0.2) is 83.4 Å². The average Bonchev–Trinajstić information content (AvgIpc) is 3.70. The van der Waals surface area contributed by atoms with Crippen molar-refractivity contribution >= 4 is 17.7 Å². The van der Waals surface area contributed by atoms with E-state index in [1.807, 2.05) is 85.8 Å². The van der Waals surface area contributed by atoms with Crippen LogP contribution < -0.4 is 4.90 Å². The van der Waals surface area contributed by atoms with Gasteiger partial charge in [-0.15, -0.1) is 0 Å². The van der Waals surface area contributed by atoms with E-state index in [9.17, 15) is 9.59 Å². The third kappa shape index (κ3) is 5.43. The number of carbonyl (C=O) groups excluding carboxylic acids is 2. The molecule has 1 heterocycles. The van der Waals surface area contributed by atoms with Crippen LogP contribution >= 0.6 is 0 Å². The van der Waals surface area contributed by atoms with Gasteiger partial charge in [0, 0.05) is 19.0 Å². The molecule has 4 aromatic rings. The summed E-state index contributed by atoms with van der Waals surface area (Å²) in [6.07, 6.45) is 1.83. The van der Waals surface area contributed by atoms with Crippen molar-refractivity contribution < 1.29 is 23.6 Å². The predicted octanol–water partition coefficient (Wildman–Crippen LogP) is 6.73. The van der Waals surface area contributed by atoms with E-state index >= 15 is 0 Å². The highest BCUT2D eigenvalue weighted by Gasteiger charge is 2.52. The lowest BCUT2D eigenvalue weighted by atomic mass is 9.93. The van der Waals surface area contributed by atoms with Crippen molar-refractivity contribution in [3.05, 3.63) is 95.7 Å². The van der Waals surface area contributed by atoms with Gasteiger partial charge in [0.1, 0.15) is 11.4 Å². The number of ether oxygens (including phenoxy) is 2. The molecule has 0 atom stereocenters. The number of esters is 1. The first-order chi connectivity index (χ1) is 18.9. The fourth-order valence-corrected chi connectivity index (χ4v) is 4.84. The van der Waals surface area contributed by atoms with Gasteiger partial charge in [0.15, 0.2) is 5.76 Å². The lowest BCUT2D eigenvalue weighted by Crippen LogP contribution is -2.28. The molecule has 0 unspecified atom stereocenters. The summed E-state index contributed by atoms with van der Waals surface area (Å²) in [5.74, 6) is 0.368. The second kappa shape index (κ2) is 11.2. The van der Waals surface area contributed by atoms with Crippen LogP contribution in [0.2, 0.25) is 0 Å². The lowest BCUT2D eigenvalue weighted by molar-refractivity contribution is -0.146. The van der Waals surface area contributed by atoms with Crippen molar-refractivity contribution in [1.29, 1.82) is 0 Å². The summed E-state index contributed by atoms with van der Waals surface area (Å²) in [5.41, 5.74) is 5.67. The van der Waals surface area contributed by atoms with Gasteiger partial charge in [-0.25, -0.2) is 4.79 Å². The summed E-state index contributed by atoms with van der Waals surface area (Å²) in [6.45, 7) is 4.31.